The molecule has 2 aliphatic rings. The lowest BCUT2D eigenvalue weighted by atomic mass is 9.86. The Kier molecular flexibility index (Phi) is 4.31. The Morgan fingerprint density at radius 3 is 2.13 bits per heavy atom. The molecule has 2 fully saturated rings. The van der Waals surface area contributed by atoms with Crippen molar-refractivity contribution in [3.05, 3.63) is 29.8 Å². The Morgan fingerprint density at radius 2 is 1.65 bits per heavy atom. The van der Waals surface area contributed by atoms with Crippen LogP contribution in [-0.2, 0) is 5.54 Å². The van der Waals surface area contributed by atoms with Crippen LogP contribution in [0.25, 0.3) is 0 Å². The van der Waals surface area contributed by atoms with E-state index < -0.39 is 17.6 Å². The van der Waals surface area contributed by atoms with Crippen LogP contribution < -0.4 is 16.4 Å². The fraction of sp³-hybridized carbons (Fsp3) is 0.647. The van der Waals surface area contributed by atoms with Gasteiger partial charge in [-0.2, -0.15) is 13.2 Å². The van der Waals surface area contributed by atoms with Gasteiger partial charge in [-0.05, 0) is 49.8 Å². The Balaban J connectivity index is 1.67. The quantitative estimate of drug-likeness (QED) is 0.877. The number of nitrogens with two attached hydrogens (primary N) is 2. The van der Waals surface area contributed by atoms with E-state index in [2.05, 4.69) is 0 Å². The number of benzene rings is 1. The standard InChI is InChI=1S/C17H24F3N3/c18-17(19,20)13-7-10-23(11-8-13)14-5-3-12(4-6-14)16(22)9-1-2-15(16)21/h3-6,13,15H,1-2,7-11,21-22H2. The van der Waals surface area contributed by atoms with E-state index in [9.17, 15) is 13.2 Å². The van der Waals surface area contributed by atoms with Gasteiger partial charge in [-0.1, -0.05) is 12.1 Å². The third-order valence-electron chi connectivity index (χ3n) is 5.50. The molecular formula is C17H24F3N3. The molecule has 0 spiro atoms. The Bertz CT molecular complexity index is 535. The SMILES string of the molecule is NC1CCCC1(N)c1ccc(N2CCC(C(F)(F)F)CC2)cc1. The van der Waals surface area contributed by atoms with Gasteiger partial charge in [0.15, 0.2) is 0 Å². The van der Waals surface area contributed by atoms with E-state index in [1.807, 2.05) is 29.2 Å². The number of hydrogen-bond acceptors (Lipinski definition) is 3. The first kappa shape index (κ1) is 16.6. The average molecular weight is 327 g/mol. The normalized spacial score (nSPS) is 30.0. The highest BCUT2D eigenvalue weighted by Crippen LogP contribution is 2.38. The molecule has 1 aliphatic heterocycles. The Hall–Kier alpha value is -1.27. The summed E-state index contributed by atoms with van der Waals surface area (Å²) in [4.78, 5) is 2.02. The minimum Gasteiger partial charge on any atom is -0.372 e. The third kappa shape index (κ3) is 3.19. The number of hydrogen-bond donors (Lipinski definition) is 2. The summed E-state index contributed by atoms with van der Waals surface area (Å²) in [5.74, 6) is -1.16. The van der Waals surface area contributed by atoms with Gasteiger partial charge in [-0.25, -0.2) is 0 Å². The minimum atomic E-state index is -4.07. The molecule has 0 aromatic heterocycles. The van der Waals surface area contributed by atoms with Crippen LogP contribution in [0.4, 0.5) is 18.9 Å². The Labute approximate surface area is 134 Å². The highest BCUT2D eigenvalue weighted by atomic mass is 19.4. The fourth-order valence-corrected chi connectivity index (χ4v) is 3.86. The van der Waals surface area contributed by atoms with Gasteiger partial charge >= 0.3 is 6.18 Å². The van der Waals surface area contributed by atoms with Crippen molar-refractivity contribution in [1.82, 2.24) is 0 Å². The molecular weight excluding hydrogens is 303 g/mol. The van der Waals surface area contributed by atoms with E-state index in [0.29, 0.717) is 13.1 Å². The van der Waals surface area contributed by atoms with Crippen LogP contribution in [0.5, 0.6) is 0 Å². The first-order chi connectivity index (χ1) is 10.8. The number of piperidine rings is 1. The second-order valence-corrected chi connectivity index (χ2v) is 6.89. The van der Waals surface area contributed by atoms with E-state index >= 15 is 0 Å². The maximum absolute atomic E-state index is 12.7. The molecule has 1 saturated heterocycles. The van der Waals surface area contributed by atoms with Gasteiger partial charge in [0.2, 0.25) is 0 Å². The summed E-state index contributed by atoms with van der Waals surface area (Å²) in [7, 11) is 0. The van der Waals surface area contributed by atoms with Gasteiger partial charge in [-0.15, -0.1) is 0 Å². The molecule has 0 radical (unpaired) electrons. The molecule has 2 unspecified atom stereocenters. The van der Waals surface area contributed by atoms with Crippen molar-refractivity contribution < 1.29 is 13.2 Å². The van der Waals surface area contributed by atoms with Crippen molar-refractivity contribution in [2.24, 2.45) is 17.4 Å². The van der Waals surface area contributed by atoms with Crippen LogP contribution in [0.3, 0.4) is 0 Å². The molecule has 0 bridgehead atoms. The molecule has 1 aliphatic carbocycles. The second-order valence-electron chi connectivity index (χ2n) is 6.89. The van der Waals surface area contributed by atoms with Crippen molar-refractivity contribution in [2.75, 3.05) is 18.0 Å². The van der Waals surface area contributed by atoms with Gasteiger partial charge in [-0.3, -0.25) is 0 Å². The zero-order valence-corrected chi connectivity index (χ0v) is 13.1. The lowest BCUT2D eigenvalue weighted by Gasteiger charge is -2.35. The van der Waals surface area contributed by atoms with Crippen LogP contribution in [0.15, 0.2) is 24.3 Å². The number of rotatable bonds is 2. The summed E-state index contributed by atoms with van der Waals surface area (Å²) in [6, 6.07) is 7.86. The van der Waals surface area contributed by atoms with Gasteiger partial charge < -0.3 is 16.4 Å². The molecule has 6 heteroatoms. The van der Waals surface area contributed by atoms with Crippen LogP contribution in [0.1, 0.15) is 37.7 Å². The van der Waals surface area contributed by atoms with Crippen molar-refractivity contribution in [2.45, 2.75) is 49.9 Å². The third-order valence-corrected chi connectivity index (χ3v) is 5.50. The summed E-state index contributed by atoms with van der Waals surface area (Å²) in [5.41, 5.74) is 14.1. The summed E-state index contributed by atoms with van der Waals surface area (Å²) < 4.78 is 38.2. The predicted octanol–water partition coefficient (Wildman–Crippen LogP) is 3.13. The molecule has 1 saturated carbocycles. The van der Waals surface area contributed by atoms with Crippen LogP contribution >= 0.6 is 0 Å². The maximum Gasteiger partial charge on any atom is 0.391 e. The van der Waals surface area contributed by atoms with Crippen LogP contribution in [0.2, 0.25) is 0 Å². The first-order valence-corrected chi connectivity index (χ1v) is 8.27. The van der Waals surface area contributed by atoms with Crippen LogP contribution in [0, 0.1) is 5.92 Å². The topological polar surface area (TPSA) is 55.3 Å². The van der Waals surface area contributed by atoms with E-state index in [1.54, 1.807) is 0 Å². The highest BCUT2D eigenvalue weighted by Gasteiger charge is 2.41. The van der Waals surface area contributed by atoms with Gasteiger partial charge in [0, 0.05) is 24.8 Å². The number of nitrogens with zero attached hydrogens (tertiary/aromatic N) is 1. The smallest absolute Gasteiger partial charge is 0.372 e. The van der Waals surface area contributed by atoms with E-state index in [4.69, 9.17) is 11.5 Å². The number of alkyl halides is 3. The molecule has 4 N–H and O–H groups in total. The maximum atomic E-state index is 12.7. The number of halogens is 3. The molecule has 1 aromatic rings. The molecule has 2 atom stereocenters. The van der Waals surface area contributed by atoms with E-state index in [0.717, 1.165) is 30.5 Å². The molecule has 0 amide bonds. The summed E-state index contributed by atoms with van der Waals surface area (Å²) in [6.07, 6.45) is -0.896. The first-order valence-electron chi connectivity index (χ1n) is 8.27. The second kappa shape index (κ2) is 5.98. The largest absolute Gasteiger partial charge is 0.391 e. The van der Waals surface area contributed by atoms with Gasteiger partial charge in [0.05, 0.1) is 11.5 Å². The predicted molar refractivity (Wildman–Crippen MR) is 85.1 cm³/mol. The van der Waals surface area contributed by atoms with Crippen molar-refractivity contribution in [3.8, 4) is 0 Å². The zero-order chi connectivity index (χ0) is 16.7. The number of anilines is 1. The summed E-state index contributed by atoms with van der Waals surface area (Å²) in [6.45, 7) is 0.883. The van der Waals surface area contributed by atoms with E-state index in [-0.39, 0.29) is 18.9 Å². The van der Waals surface area contributed by atoms with Crippen LogP contribution in [-0.4, -0.2) is 25.3 Å². The fourth-order valence-electron chi connectivity index (χ4n) is 3.86. The molecule has 128 valence electrons. The molecule has 23 heavy (non-hydrogen) atoms. The summed E-state index contributed by atoms with van der Waals surface area (Å²) >= 11 is 0. The lowest BCUT2D eigenvalue weighted by molar-refractivity contribution is -0.179. The van der Waals surface area contributed by atoms with E-state index in [1.165, 1.54) is 0 Å². The molecule has 3 nitrogen and oxygen atoms in total. The minimum absolute atomic E-state index is 0.0316. The zero-order valence-electron chi connectivity index (χ0n) is 13.1. The summed E-state index contributed by atoms with van der Waals surface area (Å²) in [5, 5.41) is 0. The van der Waals surface area contributed by atoms with Crippen molar-refractivity contribution in [1.29, 1.82) is 0 Å². The average Bonchev–Trinajstić information content (AvgIpc) is 2.87. The lowest BCUT2D eigenvalue weighted by Crippen LogP contribution is -2.48. The monoisotopic (exact) mass is 327 g/mol. The highest BCUT2D eigenvalue weighted by molar-refractivity contribution is 5.49. The van der Waals surface area contributed by atoms with Gasteiger partial charge in [0.1, 0.15) is 0 Å². The molecule has 1 aromatic carbocycles. The van der Waals surface area contributed by atoms with Crippen molar-refractivity contribution in [3.63, 3.8) is 0 Å². The van der Waals surface area contributed by atoms with Gasteiger partial charge in [0.25, 0.3) is 0 Å². The Morgan fingerprint density at radius 1 is 1.04 bits per heavy atom. The van der Waals surface area contributed by atoms with Crippen molar-refractivity contribution >= 4 is 5.69 Å². The molecule has 1 heterocycles. The molecule has 3 rings (SSSR count).